The molecular formula is C14H18N4O. The lowest BCUT2D eigenvalue weighted by Crippen LogP contribution is -2.53. The minimum atomic E-state index is -0.446. The summed E-state index contributed by atoms with van der Waals surface area (Å²) >= 11 is 0. The first kappa shape index (κ1) is 12.2. The number of nitriles is 1. The maximum absolute atomic E-state index is 10.2. The molecule has 1 aromatic rings. The summed E-state index contributed by atoms with van der Waals surface area (Å²) < 4.78 is 0. The lowest BCUT2D eigenvalue weighted by molar-refractivity contribution is -0.0580. The van der Waals surface area contributed by atoms with Crippen LogP contribution in [-0.4, -0.2) is 21.2 Å². The maximum Gasteiger partial charge on any atom is 0.125 e. The number of rotatable bonds is 2. The zero-order chi connectivity index (χ0) is 13.5. The van der Waals surface area contributed by atoms with Crippen molar-refractivity contribution in [3.63, 3.8) is 0 Å². The second-order valence-corrected chi connectivity index (χ2v) is 5.90. The quantitative estimate of drug-likeness (QED) is 0.751. The molecule has 0 aromatic carbocycles. The van der Waals surface area contributed by atoms with E-state index in [2.05, 4.69) is 16.4 Å². The molecule has 5 nitrogen and oxygen atoms in total. The van der Waals surface area contributed by atoms with Gasteiger partial charge in [0.05, 0.1) is 16.9 Å². The summed E-state index contributed by atoms with van der Waals surface area (Å²) in [5.74, 6) is 0.418. The Balaban J connectivity index is 1.86. The Kier molecular flexibility index (Phi) is 2.64. The van der Waals surface area contributed by atoms with E-state index in [0.717, 1.165) is 44.2 Å². The van der Waals surface area contributed by atoms with Crippen LogP contribution in [0.3, 0.4) is 0 Å². The molecule has 3 aliphatic carbocycles. The van der Waals surface area contributed by atoms with Gasteiger partial charge in [0.2, 0.25) is 0 Å². The van der Waals surface area contributed by atoms with E-state index < -0.39 is 5.60 Å². The zero-order valence-electron chi connectivity index (χ0n) is 10.8. The van der Waals surface area contributed by atoms with Gasteiger partial charge in [-0.15, -0.1) is 0 Å². The van der Waals surface area contributed by atoms with Gasteiger partial charge in [0.15, 0.2) is 0 Å². The Hall–Kier alpha value is -1.80. The summed E-state index contributed by atoms with van der Waals surface area (Å²) in [4.78, 5) is 3.95. The van der Waals surface area contributed by atoms with Crippen molar-refractivity contribution in [3.05, 3.63) is 17.8 Å². The highest BCUT2D eigenvalue weighted by Crippen LogP contribution is 2.48. The van der Waals surface area contributed by atoms with Gasteiger partial charge in [-0.2, -0.15) is 5.26 Å². The molecule has 19 heavy (non-hydrogen) atoms. The highest BCUT2D eigenvalue weighted by Gasteiger charge is 2.47. The Morgan fingerprint density at radius 2 is 1.89 bits per heavy atom. The molecule has 1 aromatic heterocycles. The molecule has 0 unspecified atom stereocenters. The van der Waals surface area contributed by atoms with Crippen molar-refractivity contribution in [1.82, 2.24) is 4.98 Å². The molecular weight excluding hydrogens is 240 g/mol. The third-order valence-corrected chi connectivity index (χ3v) is 4.65. The third-order valence-electron chi connectivity index (χ3n) is 4.65. The largest absolute Gasteiger partial charge is 0.390 e. The van der Waals surface area contributed by atoms with Crippen LogP contribution in [0.15, 0.2) is 12.3 Å². The number of anilines is 2. The molecule has 4 rings (SSSR count). The lowest BCUT2D eigenvalue weighted by atomic mass is 9.63. The SMILES string of the molecule is N#Cc1cnc(N)cc1NC12CCC(O)(CC1)CC2. The fourth-order valence-corrected chi connectivity index (χ4v) is 3.30. The monoisotopic (exact) mass is 258 g/mol. The third kappa shape index (κ3) is 2.13. The summed E-state index contributed by atoms with van der Waals surface area (Å²) in [7, 11) is 0. The van der Waals surface area contributed by atoms with Crippen molar-refractivity contribution < 1.29 is 5.11 Å². The summed E-state index contributed by atoms with van der Waals surface area (Å²) in [6, 6.07) is 3.87. The number of aromatic nitrogens is 1. The molecule has 0 aliphatic heterocycles. The highest BCUT2D eigenvalue weighted by molar-refractivity contribution is 5.62. The number of aliphatic hydroxyl groups is 1. The van der Waals surface area contributed by atoms with E-state index in [9.17, 15) is 5.11 Å². The standard InChI is InChI=1S/C14H18N4O/c15-8-10-9-17-12(16)7-11(10)18-13-1-4-14(19,5-2-13)6-3-13/h7,9,19H,1-6H2,(H3,16,17,18). The first-order valence-corrected chi connectivity index (χ1v) is 6.71. The van der Waals surface area contributed by atoms with Crippen molar-refractivity contribution in [2.45, 2.75) is 49.7 Å². The average Bonchev–Trinajstić information content (AvgIpc) is 2.41. The molecule has 2 bridgehead atoms. The topological polar surface area (TPSA) is 95.0 Å². The van der Waals surface area contributed by atoms with E-state index in [1.165, 1.54) is 6.20 Å². The fraction of sp³-hybridized carbons (Fsp3) is 0.571. The van der Waals surface area contributed by atoms with Crippen LogP contribution in [0.25, 0.3) is 0 Å². The van der Waals surface area contributed by atoms with Crippen LogP contribution in [0.4, 0.5) is 11.5 Å². The summed E-state index contributed by atoms with van der Waals surface area (Å²) in [5, 5.41) is 22.9. The van der Waals surface area contributed by atoms with Crippen LogP contribution >= 0.6 is 0 Å². The van der Waals surface area contributed by atoms with Gasteiger partial charge >= 0.3 is 0 Å². The molecule has 3 saturated carbocycles. The first-order valence-electron chi connectivity index (χ1n) is 6.71. The molecule has 3 fully saturated rings. The summed E-state index contributed by atoms with van der Waals surface area (Å²) in [6.45, 7) is 0. The van der Waals surface area contributed by atoms with Crippen molar-refractivity contribution in [2.75, 3.05) is 11.1 Å². The van der Waals surface area contributed by atoms with Crippen LogP contribution < -0.4 is 11.1 Å². The summed E-state index contributed by atoms with van der Waals surface area (Å²) in [5.41, 5.74) is 6.55. The Labute approximate surface area is 112 Å². The van der Waals surface area contributed by atoms with E-state index in [4.69, 9.17) is 11.0 Å². The average molecular weight is 258 g/mol. The van der Waals surface area contributed by atoms with Gasteiger partial charge in [0.1, 0.15) is 11.9 Å². The minimum absolute atomic E-state index is 0.00384. The van der Waals surface area contributed by atoms with Gasteiger partial charge in [0.25, 0.3) is 0 Å². The van der Waals surface area contributed by atoms with Crippen LogP contribution in [0.5, 0.6) is 0 Å². The van der Waals surface area contributed by atoms with E-state index >= 15 is 0 Å². The van der Waals surface area contributed by atoms with E-state index in [0.29, 0.717) is 11.4 Å². The van der Waals surface area contributed by atoms with Crippen LogP contribution in [0.2, 0.25) is 0 Å². The van der Waals surface area contributed by atoms with Crippen molar-refractivity contribution >= 4 is 11.5 Å². The van der Waals surface area contributed by atoms with Crippen molar-refractivity contribution in [1.29, 1.82) is 5.26 Å². The predicted molar refractivity (Wildman–Crippen MR) is 72.4 cm³/mol. The molecule has 0 spiro atoms. The molecule has 0 atom stereocenters. The minimum Gasteiger partial charge on any atom is -0.390 e. The molecule has 3 aliphatic rings. The van der Waals surface area contributed by atoms with Gasteiger partial charge in [-0.1, -0.05) is 0 Å². The van der Waals surface area contributed by atoms with Crippen LogP contribution in [-0.2, 0) is 0 Å². The van der Waals surface area contributed by atoms with E-state index in [1.807, 2.05) is 0 Å². The zero-order valence-corrected chi connectivity index (χ0v) is 10.8. The first-order chi connectivity index (χ1) is 9.04. The summed E-state index contributed by atoms with van der Waals surface area (Å²) in [6.07, 6.45) is 6.84. The second kappa shape index (κ2) is 4.10. The number of hydrogen-bond donors (Lipinski definition) is 3. The number of nitrogens with zero attached hydrogens (tertiary/aromatic N) is 2. The number of nitrogens with one attached hydrogen (secondary N) is 1. The molecule has 4 N–H and O–H groups in total. The Morgan fingerprint density at radius 1 is 1.26 bits per heavy atom. The molecule has 0 radical (unpaired) electrons. The molecule has 0 amide bonds. The van der Waals surface area contributed by atoms with Gasteiger partial charge in [-0.3, -0.25) is 0 Å². The smallest absolute Gasteiger partial charge is 0.125 e. The van der Waals surface area contributed by atoms with Crippen molar-refractivity contribution in [3.8, 4) is 6.07 Å². The number of nitrogens with two attached hydrogens (primary N) is 1. The second-order valence-electron chi connectivity index (χ2n) is 5.90. The Bertz CT molecular complexity index is 524. The van der Waals surface area contributed by atoms with E-state index in [-0.39, 0.29) is 5.54 Å². The van der Waals surface area contributed by atoms with Gasteiger partial charge in [0, 0.05) is 17.8 Å². The van der Waals surface area contributed by atoms with E-state index in [1.54, 1.807) is 6.07 Å². The number of pyridine rings is 1. The predicted octanol–water partition coefficient (Wildman–Crippen LogP) is 1.79. The maximum atomic E-state index is 10.2. The van der Waals surface area contributed by atoms with Gasteiger partial charge < -0.3 is 16.2 Å². The number of hydrogen-bond acceptors (Lipinski definition) is 5. The highest BCUT2D eigenvalue weighted by atomic mass is 16.3. The molecule has 5 heteroatoms. The molecule has 100 valence electrons. The van der Waals surface area contributed by atoms with Crippen LogP contribution in [0, 0.1) is 11.3 Å². The van der Waals surface area contributed by atoms with Crippen LogP contribution in [0.1, 0.15) is 44.1 Å². The normalized spacial score (nSPS) is 32.8. The number of fused-ring (bicyclic) bond motifs is 3. The van der Waals surface area contributed by atoms with Gasteiger partial charge in [-0.25, -0.2) is 4.98 Å². The molecule has 0 saturated heterocycles. The van der Waals surface area contributed by atoms with Gasteiger partial charge in [-0.05, 0) is 38.5 Å². The lowest BCUT2D eigenvalue weighted by Gasteiger charge is -2.51. The molecule has 1 heterocycles. The Morgan fingerprint density at radius 3 is 2.47 bits per heavy atom. The fourth-order valence-electron chi connectivity index (χ4n) is 3.30. The number of nitrogen functional groups attached to an aromatic ring is 1. The van der Waals surface area contributed by atoms with Crippen molar-refractivity contribution in [2.24, 2.45) is 0 Å².